The second kappa shape index (κ2) is 7.25. The van der Waals surface area contributed by atoms with Crippen LogP contribution in [0.2, 0.25) is 5.02 Å². The minimum atomic E-state index is -0.0964. The summed E-state index contributed by atoms with van der Waals surface area (Å²) in [6.07, 6.45) is 0.724. The number of nitrogens with zero attached hydrogens (tertiary/aromatic N) is 2. The summed E-state index contributed by atoms with van der Waals surface area (Å²) < 4.78 is 0. The number of likely N-dealkylation sites (N-methyl/N-ethyl adjacent to an activating group) is 1. The number of carbonyl (C=O) groups excluding carboxylic acids is 1. The largest absolute Gasteiger partial charge is 0.320 e. The molecule has 116 valence electrons. The normalized spacial score (nSPS) is 22.3. The Bertz CT molecular complexity index is 494. The summed E-state index contributed by atoms with van der Waals surface area (Å²) in [4.78, 5) is 16.7. The molecule has 4 nitrogen and oxygen atoms in total. The third-order valence-corrected chi connectivity index (χ3v) is 4.32. The molecular formula is C16H24ClN3O. The minimum Gasteiger partial charge on any atom is -0.320 e. The number of halogens is 1. The Balaban J connectivity index is 2.18. The lowest BCUT2D eigenvalue weighted by Crippen LogP contribution is -2.37. The molecule has 2 rings (SSSR count). The molecule has 1 aliphatic heterocycles. The topological polar surface area (TPSA) is 35.6 Å². The van der Waals surface area contributed by atoms with Gasteiger partial charge in [0.1, 0.15) is 6.17 Å². The van der Waals surface area contributed by atoms with Crippen molar-refractivity contribution in [1.29, 1.82) is 0 Å². The van der Waals surface area contributed by atoms with Gasteiger partial charge in [0.15, 0.2) is 0 Å². The molecule has 2 atom stereocenters. The average Bonchev–Trinajstić information content (AvgIpc) is 2.81. The van der Waals surface area contributed by atoms with Gasteiger partial charge in [-0.3, -0.25) is 10.1 Å². The molecular weight excluding hydrogens is 286 g/mol. The van der Waals surface area contributed by atoms with E-state index in [4.69, 9.17) is 11.6 Å². The quantitative estimate of drug-likeness (QED) is 0.877. The van der Waals surface area contributed by atoms with E-state index < -0.39 is 0 Å². The van der Waals surface area contributed by atoms with Crippen LogP contribution in [0.15, 0.2) is 24.3 Å². The summed E-state index contributed by atoms with van der Waals surface area (Å²) in [5.74, 6) is 0.187. The third-order valence-electron chi connectivity index (χ3n) is 4.09. The highest BCUT2D eigenvalue weighted by Gasteiger charge is 2.38. The van der Waals surface area contributed by atoms with Crippen molar-refractivity contribution < 1.29 is 4.79 Å². The molecule has 1 amide bonds. The van der Waals surface area contributed by atoms with E-state index >= 15 is 0 Å². The van der Waals surface area contributed by atoms with Crippen LogP contribution in [0.5, 0.6) is 0 Å². The van der Waals surface area contributed by atoms with Crippen molar-refractivity contribution >= 4 is 17.5 Å². The van der Waals surface area contributed by atoms with Crippen molar-refractivity contribution in [2.24, 2.45) is 0 Å². The first-order valence-corrected chi connectivity index (χ1v) is 7.95. The van der Waals surface area contributed by atoms with Gasteiger partial charge in [-0.15, -0.1) is 0 Å². The van der Waals surface area contributed by atoms with Crippen LogP contribution >= 0.6 is 11.6 Å². The number of hydrogen-bond acceptors (Lipinski definition) is 3. The van der Waals surface area contributed by atoms with E-state index in [-0.39, 0.29) is 18.1 Å². The molecule has 2 unspecified atom stereocenters. The summed E-state index contributed by atoms with van der Waals surface area (Å²) in [7, 11) is 2.07. The smallest absolute Gasteiger partial charge is 0.241 e. The second-order valence-corrected chi connectivity index (χ2v) is 5.95. The van der Waals surface area contributed by atoms with Crippen LogP contribution < -0.4 is 5.32 Å². The van der Waals surface area contributed by atoms with E-state index in [1.54, 1.807) is 0 Å². The van der Waals surface area contributed by atoms with Gasteiger partial charge >= 0.3 is 0 Å². The predicted molar refractivity (Wildman–Crippen MR) is 86.3 cm³/mol. The number of hydrogen-bond donors (Lipinski definition) is 1. The summed E-state index contributed by atoms with van der Waals surface area (Å²) in [6, 6.07) is 7.64. The molecule has 0 spiro atoms. The summed E-state index contributed by atoms with van der Waals surface area (Å²) >= 11 is 6.09. The maximum absolute atomic E-state index is 12.5. The fourth-order valence-electron chi connectivity index (χ4n) is 2.60. The van der Waals surface area contributed by atoms with Crippen molar-refractivity contribution in [3.8, 4) is 0 Å². The second-order valence-electron chi connectivity index (χ2n) is 5.51. The first-order chi connectivity index (χ1) is 10.1. The summed E-state index contributed by atoms with van der Waals surface area (Å²) in [5, 5.41) is 4.13. The number of benzene rings is 1. The molecule has 5 heteroatoms. The van der Waals surface area contributed by atoms with E-state index in [9.17, 15) is 4.79 Å². The lowest BCUT2D eigenvalue weighted by atomic mass is 10.1. The van der Waals surface area contributed by atoms with Gasteiger partial charge in [-0.25, -0.2) is 0 Å². The van der Waals surface area contributed by atoms with Crippen LogP contribution in [0, 0.1) is 0 Å². The Kier molecular flexibility index (Phi) is 5.62. The Hall–Kier alpha value is -1.10. The first-order valence-electron chi connectivity index (χ1n) is 7.57. The SMILES string of the molecule is CCC1NC(c2cccc(Cl)c2)N(CCN(C)CC)C1=O. The van der Waals surface area contributed by atoms with E-state index in [0.717, 1.165) is 31.6 Å². The maximum Gasteiger partial charge on any atom is 0.241 e. The van der Waals surface area contributed by atoms with E-state index in [0.29, 0.717) is 5.02 Å². The van der Waals surface area contributed by atoms with Crippen LogP contribution in [0.4, 0.5) is 0 Å². The van der Waals surface area contributed by atoms with Crippen molar-refractivity contribution in [3.05, 3.63) is 34.9 Å². The lowest BCUT2D eigenvalue weighted by Gasteiger charge is -2.26. The molecule has 1 heterocycles. The van der Waals surface area contributed by atoms with Crippen LogP contribution in [0.25, 0.3) is 0 Å². The van der Waals surface area contributed by atoms with Crippen molar-refractivity contribution in [1.82, 2.24) is 15.1 Å². The predicted octanol–water partition coefficient (Wildman–Crippen LogP) is 2.50. The molecule has 1 aromatic rings. The summed E-state index contributed by atoms with van der Waals surface area (Å²) in [6.45, 7) is 6.73. The highest BCUT2D eigenvalue weighted by atomic mass is 35.5. The molecule has 0 saturated carbocycles. The molecule has 1 saturated heterocycles. The molecule has 1 fully saturated rings. The molecule has 1 N–H and O–H groups in total. The van der Waals surface area contributed by atoms with E-state index in [1.807, 2.05) is 36.1 Å². The highest BCUT2D eigenvalue weighted by Crippen LogP contribution is 2.27. The zero-order valence-electron chi connectivity index (χ0n) is 13.0. The number of nitrogens with one attached hydrogen (secondary N) is 1. The molecule has 21 heavy (non-hydrogen) atoms. The number of amides is 1. The average molecular weight is 310 g/mol. The third kappa shape index (κ3) is 3.76. The van der Waals surface area contributed by atoms with Gasteiger partial charge in [-0.1, -0.05) is 37.6 Å². The van der Waals surface area contributed by atoms with Gasteiger partial charge in [0, 0.05) is 18.1 Å². The minimum absolute atomic E-state index is 0.0774. The van der Waals surface area contributed by atoms with Gasteiger partial charge in [-0.05, 0) is 37.7 Å². The lowest BCUT2D eigenvalue weighted by molar-refractivity contribution is -0.130. The van der Waals surface area contributed by atoms with Crippen molar-refractivity contribution in [3.63, 3.8) is 0 Å². The zero-order chi connectivity index (χ0) is 15.4. The molecule has 0 radical (unpaired) electrons. The van der Waals surface area contributed by atoms with Gasteiger partial charge in [0.2, 0.25) is 5.91 Å². The van der Waals surface area contributed by atoms with Crippen LogP contribution in [0.1, 0.15) is 32.0 Å². The summed E-state index contributed by atoms with van der Waals surface area (Å²) in [5.41, 5.74) is 1.05. The number of rotatable bonds is 6. The molecule has 1 aromatic carbocycles. The highest BCUT2D eigenvalue weighted by molar-refractivity contribution is 6.30. The van der Waals surface area contributed by atoms with Crippen LogP contribution in [-0.2, 0) is 4.79 Å². The van der Waals surface area contributed by atoms with E-state index in [2.05, 4.69) is 24.2 Å². The van der Waals surface area contributed by atoms with Crippen LogP contribution in [0.3, 0.4) is 0 Å². The fourth-order valence-corrected chi connectivity index (χ4v) is 2.80. The van der Waals surface area contributed by atoms with E-state index in [1.165, 1.54) is 0 Å². The van der Waals surface area contributed by atoms with Crippen molar-refractivity contribution in [2.75, 3.05) is 26.7 Å². The standard InChI is InChI=1S/C16H24ClN3O/c1-4-14-16(21)20(10-9-19(3)5-2)15(18-14)12-7-6-8-13(17)11-12/h6-8,11,14-15,18H,4-5,9-10H2,1-3H3. The maximum atomic E-state index is 12.5. The molecule has 0 aliphatic carbocycles. The van der Waals surface area contributed by atoms with Gasteiger partial charge in [-0.2, -0.15) is 0 Å². The molecule has 0 aromatic heterocycles. The van der Waals surface area contributed by atoms with Gasteiger partial charge in [0.05, 0.1) is 6.04 Å². The monoisotopic (exact) mass is 309 g/mol. The van der Waals surface area contributed by atoms with Gasteiger partial charge in [0.25, 0.3) is 0 Å². The molecule has 1 aliphatic rings. The Morgan fingerprint density at radius 1 is 1.38 bits per heavy atom. The number of carbonyl (C=O) groups is 1. The van der Waals surface area contributed by atoms with Gasteiger partial charge < -0.3 is 9.80 Å². The first kappa shape index (κ1) is 16.3. The molecule has 0 bridgehead atoms. The Morgan fingerprint density at radius 3 is 2.76 bits per heavy atom. The Morgan fingerprint density at radius 2 is 2.14 bits per heavy atom. The van der Waals surface area contributed by atoms with Crippen molar-refractivity contribution in [2.45, 2.75) is 32.5 Å². The fraction of sp³-hybridized carbons (Fsp3) is 0.562. The Labute approximate surface area is 132 Å². The zero-order valence-corrected chi connectivity index (χ0v) is 13.7. The van der Waals surface area contributed by atoms with Crippen LogP contribution in [-0.4, -0.2) is 48.4 Å².